The van der Waals surface area contributed by atoms with Crippen LogP contribution in [0, 0.1) is 11.2 Å². The van der Waals surface area contributed by atoms with Gasteiger partial charge in [-0.2, -0.15) is 0 Å². The maximum absolute atomic E-state index is 13.8. The Morgan fingerprint density at radius 3 is 2.53 bits per heavy atom. The summed E-state index contributed by atoms with van der Waals surface area (Å²) in [6.07, 6.45) is 1.36. The lowest BCUT2D eigenvalue weighted by Crippen LogP contribution is -2.60. The lowest BCUT2D eigenvalue weighted by Gasteiger charge is -2.43. The van der Waals surface area contributed by atoms with Gasteiger partial charge >= 0.3 is 0 Å². The van der Waals surface area contributed by atoms with E-state index in [4.69, 9.17) is 10.5 Å². The molecule has 9 heteroatoms. The van der Waals surface area contributed by atoms with Crippen LogP contribution >= 0.6 is 0 Å². The summed E-state index contributed by atoms with van der Waals surface area (Å²) in [5.41, 5.74) is 5.89. The highest BCUT2D eigenvalue weighted by atomic mass is 19.1. The Morgan fingerprint density at radius 2 is 1.87 bits per heavy atom. The first-order valence-electron chi connectivity index (χ1n) is 13.0. The molecule has 2 fully saturated rings. The van der Waals surface area contributed by atoms with Crippen LogP contribution in [0.5, 0.6) is 0 Å². The molecule has 38 heavy (non-hydrogen) atoms. The first kappa shape index (κ1) is 27.7. The second-order valence-electron chi connectivity index (χ2n) is 11.1. The molecule has 2 heterocycles. The molecule has 3 N–H and O–H groups in total. The molecule has 204 valence electrons. The molecular formula is C29H37FN4O4. The highest BCUT2D eigenvalue weighted by Gasteiger charge is 2.55. The number of piperidine rings is 1. The Bertz CT molecular complexity index is 1150. The number of rotatable bonds is 8. The minimum absolute atomic E-state index is 0.0393. The van der Waals surface area contributed by atoms with Crippen molar-refractivity contribution in [2.24, 2.45) is 11.1 Å². The third kappa shape index (κ3) is 5.89. The zero-order valence-electron chi connectivity index (χ0n) is 22.3. The summed E-state index contributed by atoms with van der Waals surface area (Å²) >= 11 is 0. The number of ether oxygens (including phenoxy) is 1. The van der Waals surface area contributed by atoms with Gasteiger partial charge in [0.15, 0.2) is 0 Å². The fourth-order valence-electron chi connectivity index (χ4n) is 5.52. The molecule has 0 aromatic heterocycles. The Kier molecular flexibility index (Phi) is 8.18. The number of hydrogen-bond donors (Lipinski definition) is 2. The van der Waals surface area contributed by atoms with Gasteiger partial charge in [0.25, 0.3) is 0 Å². The number of nitrogens with one attached hydrogen (secondary N) is 1. The molecule has 2 saturated heterocycles. The number of carbonyl (C=O) groups excluding carboxylic acids is 3. The number of benzene rings is 2. The average Bonchev–Trinajstić information content (AvgIpc) is 3.13. The number of carbonyl (C=O) groups is 3. The summed E-state index contributed by atoms with van der Waals surface area (Å²) in [5.74, 6) is -1.14. The fraction of sp³-hybridized carbons (Fsp3) is 0.483. The third-order valence-electron chi connectivity index (χ3n) is 7.59. The van der Waals surface area contributed by atoms with Crippen LogP contribution in [0.15, 0.2) is 54.6 Å². The number of likely N-dealkylation sites (N-methyl/N-ethyl adjacent to an activating group) is 1. The van der Waals surface area contributed by atoms with E-state index < -0.39 is 22.9 Å². The summed E-state index contributed by atoms with van der Waals surface area (Å²) in [6, 6.07) is 14.9. The van der Waals surface area contributed by atoms with Crippen LogP contribution in [0.25, 0.3) is 0 Å². The van der Waals surface area contributed by atoms with Crippen molar-refractivity contribution in [3.63, 3.8) is 0 Å². The zero-order chi connectivity index (χ0) is 27.5. The topological polar surface area (TPSA) is 105 Å². The highest BCUT2D eigenvalue weighted by molar-refractivity contribution is 5.92. The van der Waals surface area contributed by atoms with Crippen molar-refractivity contribution >= 4 is 17.7 Å². The number of likely N-dealkylation sites (tertiary alicyclic amines) is 2. The molecule has 0 unspecified atom stereocenters. The predicted octanol–water partition coefficient (Wildman–Crippen LogP) is 2.43. The summed E-state index contributed by atoms with van der Waals surface area (Å²) in [4.78, 5) is 43.5. The van der Waals surface area contributed by atoms with Crippen LogP contribution < -0.4 is 11.1 Å². The maximum atomic E-state index is 13.8. The predicted molar refractivity (Wildman–Crippen MR) is 141 cm³/mol. The van der Waals surface area contributed by atoms with Gasteiger partial charge in [-0.05, 0) is 49.9 Å². The summed E-state index contributed by atoms with van der Waals surface area (Å²) < 4.78 is 19.0. The number of amides is 3. The Balaban J connectivity index is 1.53. The van der Waals surface area contributed by atoms with Crippen molar-refractivity contribution in [1.82, 2.24) is 15.1 Å². The van der Waals surface area contributed by atoms with Crippen molar-refractivity contribution in [3.05, 3.63) is 71.5 Å². The van der Waals surface area contributed by atoms with Gasteiger partial charge in [-0.3, -0.25) is 14.4 Å². The van der Waals surface area contributed by atoms with Crippen LogP contribution in [-0.2, 0) is 25.7 Å². The van der Waals surface area contributed by atoms with Gasteiger partial charge in [0.1, 0.15) is 11.9 Å². The van der Waals surface area contributed by atoms with E-state index in [2.05, 4.69) is 5.32 Å². The van der Waals surface area contributed by atoms with Crippen LogP contribution in [0.4, 0.5) is 4.39 Å². The number of nitrogens with zero attached hydrogens (tertiary/aromatic N) is 2. The van der Waals surface area contributed by atoms with E-state index in [0.717, 1.165) is 11.1 Å². The molecule has 2 aromatic carbocycles. The second-order valence-corrected chi connectivity index (χ2v) is 11.1. The van der Waals surface area contributed by atoms with Crippen molar-refractivity contribution in [1.29, 1.82) is 0 Å². The van der Waals surface area contributed by atoms with Gasteiger partial charge in [0, 0.05) is 32.6 Å². The van der Waals surface area contributed by atoms with Gasteiger partial charge in [-0.15, -0.1) is 0 Å². The molecule has 4 rings (SSSR count). The van der Waals surface area contributed by atoms with Crippen molar-refractivity contribution in [2.75, 3.05) is 33.3 Å². The van der Waals surface area contributed by atoms with Crippen molar-refractivity contribution in [3.8, 4) is 0 Å². The molecule has 3 atom stereocenters. The van der Waals surface area contributed by atoms with E-state index in [0.29, 0.717) is 25.9 Å². The molecule has 3 amide bonds. The minimum atomic E-state index is -1.19. The Labute approximate surface area is 223 Å². The van der Waals surface area contributed by atoms with Crippen molar-refractivity contribution < 1.29 is 23.5 Å². The number of nitrogens with two attached hydrogens (primary N) is 1. The van der Waals surface area contributed by atoms with E-state index in [1.54, 1.807) is 35.8 Å². The minimum Gasteiger partial charge on any atom is -0.374 e. The Hall–Kier alpha value is -3.30. The van der Waals surface area contributed by atoms with E-state index in [-0.39, 0.29) is 43.3 Å². The molecule has 2 aliphatic heterocycles. The molecule has 2 aliphatic rings. The third-order valence-corrected chi connectivity index (χ3v) is 7.59. The van der Waals surface area contributed by atoms with Crippen molar-refractivity contribution in [2.45, 2.75) is 50.8 Å². The lowest BCUT2D eigenvalue weighted by molar-refractivity contribution is -0.147. The smallest absolute Gasteiger partial charge is 0.247 e. The van der Waals surface area contributed by atoms with E-state index >= 15 is 0 Å². The van der Waals surface area contributed by atoms with Gasteiger partial charge in [0.05, 0.1) is 24.2 Å². The maximum Gasteiger partial charge on any atom is 0.247 e. The molecule has 0 saturated carbocycles. The van der Waals surface area contributed by atoms with E-state index in [1.165, 1.54) is 12.1 Å². The van der Waals surface area contributed by atoms with Crippen LogP contribution in [0.1, 0.15) is 43.7 Å². The average molecular weight is 525 g/mol. The first-order chi connectivity index (χ1) is 18.0. The van der Waals surface area contributed by atoms with Gasteiger partial charge in [-0.1, -0.05) is 42.5 Å². The normalized spacial score (nSPS) is 22.6. The molecule has 0 radical (unpaired) electrons. The number of halogens is 1. The quantitative estimate of drug-likeness (QED) is 0.552. The molecule has 0 bridgehead atoms. The molecular weight excluding hydrogens is 487 g/mol. The van der Waals surface area contributed by atoms with E-state index in [1.807, 2.05) is 37.4 Å². The van der Waals surface area contributed by atoms with Crippen LogP contribution in [0.2, 0.25) is 0 Å². The monoisotopic (exact) mass is 524 g/mol. The lowest BCUT2D eigenvalue weighted by atomic mass is 9.69. The molecule has 0 aliphatic carbocycles. The highest BCUT2D eigenvalue weighted by Crippen LogP contribution is 2.49. The summed E-state index contributed by atoms with van der Waals surface area (Å²) in [5, 5.41) is 2.76. The van der Waals surface area contributed by atoms with E-state index in [9.17, 15) is 18.8 Å². The van der Waals surface area contributed by atoms with Gasteiger partial charge < -0.3 is 25.6 Å². The van der Waals surface area contributed by atoms with Crippen LogP contribution in [-0.4, -0.2) is 72.4 Å². The molecule has 2 aromatic rings. The second kappa shape index (κ2) is 11.2. The SMILES string of the molecule is CN1C[C@@H](c2ccccc2)[C@@]2(CCCN(C(=O)[C@@H](COCc3ccc(F)cc3)NC(=O)C(C)(C)N)C2)C1=O. The standard InChI is InChI=1S/C29H37FN4O4/c1-28(2,31)26(36)32-24(18-38-17-20-10-12-22(30)13-11-20)25(35)34-15-7-14-29(19-34)23(16-33(3)27(29)37)21-8-5-4-6-9-21/h4-6,8-13,23-24H,7,14-19,31H2,1-3H3,(H,32,36)/t23-,24+,29-/m0/s1. The van der Waals surface area contributed by atoms with Gasteiger partial charge in [0.2, 0.25) is 17.7 Å². The molecule has 8 nitrogen and oxygen atoms in total. The fourth-order valence-corrected chi connectivity index (χ4v) is 5.52. The molecule has 1 spiro atoms. The first-order valence-corrected chi connectivity index (χ1v) is 13.0. The number of hydrogen-bond acceptors (Lipinski definition) is 5. The zero-order valence-corrected chi connectivity index (χ0v) is 22.3. The Morgan fingerprint density at radius 1 is 1.18 bits per heavy atom. The van der Waals surface area contributed by atoms with Gasteiger partial charge in [-0.25, -0.2) is 4.39 Å². The summed E-state index contributed by atoms with van der Waals surface area (Å²) in [7, 11) is 1.81. The largest absolute Gasteiger partial charge is 0.374 e. The summed E-state index contributed by atoms with van der Waals surface area (Å²) in [6.45, 7) is 4.54. The van der Waals surface area contributed by atoms with Crippen LogP contribution in [0.3, 0.4) is 0 Å².